The van der Waals surface area contributed by atoms with E-state index in [1.165, 1.54) is 12.1 Å². The maximum absolute atomic E-state index is 14.8. The molecule has 5 rings (SSSR count). The van der Waals surface area contributed by atoms with Gasteiger partial charge in [-0.1, -0.05) is 36.4 Å². The zero-order valence-corrected chi connectivity index (χ0v) is 18.8. The van der Waals surface area contributed by atoms with E-state index in [9.17, 15) is 17.6 Å². The minimum Gasteiger partial charge on any atom is -0.359 e. The average Bonchev–Trinajstić information content (AvgIpc) is 2.83. The van der Waals surface area contributed by atoms with Gasteiger partial charge >= 0.3 is 0 Å². The van der Waals surface area contributed by atoms with Crippen LogP contribution in [0.1, 0.15) is 10.4 Å². The van der Waals surface area contributed by atoms with Crippen molar-refractivity contribution in [3.63, 3.8) is 0 Å². The van der Waals surface area contributed by atoms with Crippen LogP contribution < -0.4 is 9.62 Å². The number of carbonyl (C=O) groups excluding carboxylic acids is 1. The number of halogens is 1. The number of nitrogens with one attached hydrogen (secondary N) is 1. The van der Waals surface area contributed by atoms with E-state index in [0.29, 0.717) is 5.69 Å². The Hall–Kier alpha value is -3.82. The highest BCUT2D eigenvalue weighted by Gasteiger charge is 2.27. The van der Waals surface area contributed by atoms with E-state index in [4.69, 9.17) is 4.74 Å². The van der Waals surface area contributed by atoms with Crippen LogP contribution in [0.2, 0.25) is 0 Å². The molecule has 1 amide bonds. The molecule has 1 saturated heterocycles. The van der Waals surface area contributed by atoms with Crippen molar-refractivity contribution in [1.29, 1.82) is 0 Å². The number of nitrogens with zero attached hydrogens (tertiary/aromatic N) is 2. The number of sulfonamides is 1. The number of ether oxygens (including phenoxy) is 1. The third kappa shape index (κ3) is 4.35. The highest BCUT2D eigenvalue weighted by Crippen LogP contribution is 2.26. The predicted molar refractivity (Wildman–Crippen MR) is 129 cm³/mol. The lowest BCUT2D eigenvalue weighted by atomic mass is 10.1. The maximum Gasteiger partial charge on any atom is 0.258 e. The molecular weight excluding hydrogens is 457 g/mol. The first-order valence-corrected chi connectivity index (χ1v) is 12.2. The third-order valence-electron chi connectivity index (χ3n) is 5.53. The molecule has 0 unspecified atom stereocenters. The van der Waals surface area contributed by atoms with Crippen LogP contribution >= 0.6 is 0 Å². The standard InChI is InChI=1S/C25H20FN3O4S/c26-22-15-20(29-16-33-12-13-34(29,31)32)9-10-21(22)25(30)27-19-6-3-5-18(14-19)24-11-8-17-4-1-2-7-23(17)28-24/h1-11,14-15H,12-13,16H2,(H,27,30). The molecule has 0 atom stereocenters. The molecule has 1 fully saturated rings. The first-order chi connectivity index (χ1) is 16.4. The van der Waals surface area contributed by atoms with E-state index < -0.39 is 21.7 Å². The SMILES string of the molecule is O=C(Nc1cccc(-c2ccc3ccccc3n2)c1)c1ccc(N2COCCS2(=O)=O)cc1F. The Bertz CT molecular complexity index is 1510. The van der Waals surface area contributed by atoms with E-state index in [1.807, 2.05) is 42.5 Å². The normalized spacial score (nSPS) is 15.3. The van der Waals surface area contributed by atoms with Crippen molar-refractivity contribution in [2.75, 3.05) is 28.7 Å². The number of benzene rings is 3. The Balaban J connectivity index is 1.37. The molecule has 0 spiro atoms. The molecule has 3 aromatic carbocycles. The second kappa shape index (κ2) is 8.85. The summed E-state index contributed by atoms with van der Waals surface area (Å²) in [7, 11) is -3.58. The summed E-state index contributed by atoms with van der Waals surface area (Å²) in [6.07, 6.45) is 0. The smallest absolute Gasteiger partial charge is 0.258 e. The topological polar surface area (TPSA) is 88.6 Å². The molecule has 1 N–H and O–H groups in total. The molecule has 7 nitrogen and oxygen atoms in total. The number of fused-ring (bicyclic) bond motifs is 1. The van der Waals surface area contributed by atoms with Crippen molar-refractivity contribution in [2.24, 2.45) is 0 Å². The number of pyridine rings is 1. The van der Waals surface area contributed by atoms with Gasteiger partial charge in [-0.3, -0.25) is 4.79 Å². The first-order valence-electron chi connectivity index (χ1n) is 10.6. The van der Waals surface area contributed by atoms with Crippen molar-refractivity contribution in [3.05, 3.63) is 90.2 Å². The van der Waals surface area contributed by atoms with Gasteiger partial charge < -0.3 is 10.1 Å². The number of rotatable bonds is 4. The fourth-order valence-corrected chi connectivity index (χ4v) is 4.98. The van der Waals surface area contributed by atoms with Crippen molar-refractivity contribution >= 4 is 38.2 Å². The lowest BCUT2D eigenvalue weighted by Crippen LogP contribution is -2.41. The summed E-state index contributed by atoms with van der Waals surface area (Å²) in [4.78, 5) is 17.4. The summed E-state index contributed by atoms with van der Waals surface area (Å²) in [6, 6.07) is 22.5. The highest BCUT2D eigenvalue weighted by atomic mass is 32.2. The van der Waals surface area contributed by atoms with E-state index in [1.54, 1.807) is 18.2 Å². The number of para-hydroxylation sites is 1. The third-order valence-corrected chi connectivity index (χ3v) is 7.20. The Kier molecular flexibility index (Phi) is 5.72. The number of aromatic nitrogens is 1. The molecule has 0 saturated carbocycles. The van der Waals surface area contributed by atoms with Gasteiger partial charge in [0, 0.05) is 16.6 Å². The quantitative estimate of drug-likeness (QED) is 0.470. The van der Waals surface area contributed by atoms with Crippen molar-refractivity contribution in [2.45, 2.75) is 0 Å². The first kappa shape index (κ1) is 22.0. The highest BCUT2D eigenvalue weighted by molar-refractivity contribution is 7.92. The van der Waals surface area contributed by atoms with E-state index in [0.717, 1.165) is 32.5 Å². The van der Waals surface area contributed by atoms with Gasteiger partial charge in [0.15, 0.2) is 0 Å². The van der Waals surface area contributed by atoms with Crippen molar-refractivity contribution in [1.82, 2.24) is 4.98 Å². The molecule has 1 aromatic heterocycles. The van der Waals surface area contributed by atoms with Gasteiger partial charge in [-0.25, -0.2) is 22.1 Å². The molecule has 1 aliphatic heterocycles. The lowest BCUT2D eigenvalue weighted by Gasteiger charge is -2.28. The largest absolute Gasteiger partial charge is 0.359 e. The Labute approximate surface area is 195 Å². The molecule has 0 aliphatic carbocycles. The van der Waals surface area contributed by atoms with Gasteiger partial charge in [0.05, 0.1) is 34.8 Å². The van der Waals surface area contributed by atoms with Crippen LogP contribution in [0.5, 0.6) is 0 Å². The van der Waals surface area contributed by atoms with Gasteiger partial charge in [0.1, 0.15) is 12.5 Å². The fourth-order valence-electron chi connectivity index (χ4n) is 3.76. The van der Waals surface area contributed by atoms with E-state index in [-0.39, 0.29) is 30.3 Å². The molecule has 1 aliphatic rings. The Morgan fingerprint density at radius 2 is 1.85 bits per heavy atom. The maximum atomic E-state index is 14.8. The van der Waals surface area contributed by atoms with Gasteiger partial charge in [-0.2, -0.15) is 0 Å². The number of amides is 1. The van der Waals surface area contributed by atoms with Crippen LogP contribution in [-0.4, -0.2) is 38.4 Å². The minimum atomic E-state index is -3.58. The average molecular weight is 478 g/mol. The molecule has 172 valence electrons. The summed E-state index contributed by atoms with van der Waals surface area (Å²) >= 11 is 0. The predicted octanol–water partition coefficient (Wildman–Crippen LogP) is 4.42. The molecule has 0 bridgehead atoms. The number of hydrogen-bond donors (Lipinski definition) is 1. The minimum absolute atomic E-state index is 0.0929. The monoisotopic (exact) mass is 477 g/mol. The summed E-state index contributed by atoms with van der Waals surface area (Å²) < 4.78 is 45.4. The number of anilines is 2. The summed E-state index contributed by atoms with van der Waals surface area (Å²) in [5.74, 6) is -1.66. The number of carbonyl (C=O) groups is 1. The summed E-state index contributed by atoms with van der Waals surface area (Å²) in [6.45, 7) is -0.0987. The molecular formula is C25H20FN3O4S. The van der Waals surface area contributed by atoms with Crippen LogP contribution in [0.25, 0.3) is 22.2 Å². The molecule has 2 heterocycles. The van der Waals surface area contributed by atoms with Crippen LogP contribution in [0, 0.1) is 5.82 Å². The lowest BCUT2D eigenvalue weighted by molar-refractivity contribution is 0.102. The Morgan fingerprint density at radius 3 is 2.68 bits per heavy atom. The van der Waals surface area contributed by atoms with Gasteiger partial charge in [0.25, 0.3) is 5.91 Å². The van der Waals surface area contributed by atoms with Crippen LogP contribution in [0.15, 0.2) is 78.9 Å². The van der Waals surface area contributed by atoms with E-state index in [2.05, 4.69) is 10.3 Å². The van der Waals surface area contributed by atoms with Gasteiger partial charge in [-0.05, 0) is 42.5 Å². The van der Waals surface area contributed by atoms with Crippen molar-refractivity contribution in [3.8, 4) is 11.3 Å². The van der Waals surface area contributed by atoms with Crippen LogP contribution in [-0.2, 0) is 14.8 Å². The Morgan fingerprint density at radius 1 is 1.00 bits per heavy atom. The second-order valence-corrected chi connectivity index (χ2v) is 9.80. The zero-order valence-electron chi connectivity index (χ0n) is 17.9. The van der Waals surface area contributed by atoms with Crippen molar-refractivity contribution < 1.29 is 22.3 Å². The summed E-state index contributed by atoms with van der Waals surface area (Å²) in [5, 5.41) is 3.72. The van der Waals surface area contributed by atoms with Crippen LogP contribution in [0.4, 0.5) is 15.8 Å². The molecule has 0 radical (unpaired) electrons. The van der Waals surface area contributed by atoms with Gasteiger partial charge in [0.2, 0.25) is 10.0 Å². The second-order valence-electron chi connectivity index (χ2n) is 7.79. The molecule has 34 heavy (non-hydrogen) atoms. The van der Waals surface area contributed by atoms with E-state index >= 15 is 0 Å². The molecule has 9 heteroatoms. The number of hydrogen-bond acceptors (Lipinski definition) is 5. The molecule has 4 aromatic rings. The summed E-state index contributed by atoms with van der Waals surface area (Å²) in [5.41, 5.74) is 2.79. The zero-order chi connectivity index (χ0) is 23.7. The fraction of sp³-hybridized carbons (Fsp3) is 0.120. The van der Waals surface area contributed by atoms with Crippen LogP contribution in [0.3, 0.4) is 0 Å². The van der Waals surface area contributed by atoms with Gasteiger partial charge in [-0.15, -0.1) is 0 Å².